The summed E-state index contributed by atoms with van der Waals surface area (Å²) in [4.78, 5) is 24.7. The van der Waals surface area contributed by atoms with Gasteiger partial charge >= 0.3 is 0 Å². The van der Waals surface area contributed by atoms with Crippen LogP contribution in [0.25, 0.3) is 0 Å². The Labute approximate surface area is 233 Å². The number of hydrogen-bond acceptors (Lipinski definition) is 6. The lowest BCUT2D eigenvalue weighted by Gasteiger charge is -2.29. The van der Waals surface area contributed by atoms with Crippen molar-refractivity contribution >= 4 is 13.7 Å². The molecule has 0 aromatic carbocycles. The second-order valence-corrected chi connectivity index (χ2v) is 12.9. The molecule has 38 heavy (non-hydrogen) atoms. The van der Waals surface area contributed by atoms with Crippen LogP contribution in [0.5, 0.6) is 0 Å². The van der Waals surface area contributed by atoms with E-state index in [1.807, 2.05) is 27.2 Å². The average Bonchev–Trinajstić information content (AvgIpc) is 2.84. The Morgan fingerprint density at radius 3 is 1.95 bits per heavy atom. The quantitative estimate of drug-likeness (QED) is 0.0590. The van der Waals surface area contributed by atoms with E-state index >= 15 is 0 Å². The van der Waals surface area contributed by atoms with Gasteiger partial charge in [-0.05, 0) is 12.8 Å². The Morgan fingerprint density at radius 1 is 0.895 bits per heavy atom. The van der Waals surface area contributed by atoms with Gasteiger partial charge in [-0.15, -0.1) is 0 Å². The summed E-state index contributed by atoms with van der Waals surface area (Å²) >= 11 is 0. The van der Waals surface area contributed by atoms with Gasteiger partial charge in [0.15, 0.2) is 0 Å². The van der Waals surface area contributed by atoms with Crippen molar-refractivity contribution in [1.82, 2.24) is 5.32 Å². The molecule has 0 aliphatic rings. The van der Waals surface area contributed by atoms with Crippen molar-refractivity contribution in [2.24, 2.45) is 0 Å². The average molecular weight is 563 g/mol. The first-order valence-electron chi connectivity index (χ1n) is 15.1. The zero-order chi connectivity index (χ0) is 28.7. The molecule has 0 rings (SSSR count). The largest absolute Gasteiger partial charge is 0.756 e. The fourth-order valence-electron chi connectivity index (χ4n) is 3.96. The molecule has 1 amide bonds. The minimum absolute atomic E-state index is 0.000262. The summed E-state index contributed by atoms with van der Waals surface area (Å²) in [7, 11) is 1.25. The van der Waals surface area contributed by atoms with Gasteiger partial charge in [-0.3, -0.25) is 9.36 Å². The zero-order valence-corrected chi connectivity index (χ0v) is 26.0. The number of unbranched alkanes of at least 4 members (excludes halogenated alkanes) is 13. The lowest BCUT2D eigenvalue weighted by Crippen LogP contribution is -2.45. The number of likely N-dealkylation sites (N-methyl/N-ethyl adjacent to an activating group) is 1. The maximum atomic E-state index is 12.5. The van der Waals surface area contributed by atoms with Crippen LogP contribution in [-0.4, -0.2) is 68.5 Å². The third-order valence-electron chi connectivity index (χ3n) is 6.50. The molecule has 0 saturated carbocycles. The van der Waals surface area contributed by atoms with Crippen molar-refractivity contribution in [3.05, 3.63) is 12.2 Å². The molecule has 3 atom stereocenters. The number of nitrogens with zero attached hydrogens (tertiary/aromatic N) is 1. The second kappa shape index (κ2) is 23.0. The number of carbonyl (C=O) groups is 1. The zero-order valence-electron chi connectivity index (χ0n) is 25.1. The van der Waals surface area contributed by atoms with E-state index in [2.05, 4.69) is 19.2 Å². The molecule has 0 heterocycles. The molecule has 0 radical (unpaired) electrons. The SMILES string of the molecule is CCCC/C=C/C(O)C(COP(=O)([O-])OCC[N+](C)(C)C)NC(=O)CCCCCCCCCCCCCC. The first-order chi connectivity index (χ1) is 18.0. The topological polar surface area (TPSA) is 108 Å². The van der Waals surface area contributed by atoms with E-state index < -0.39 is 20.0 Å². The Hall–Kier alpha value is -0.760. The standard InChI is InChI=1S/C29H59N2O6P/c1-6-8-10-12-13-14-15-16-17-18-19-21-23-29(33)30-27(28(32)22-20-11-9-7-2)26-37-38(34,35)36-25-24-31(3,4)5/h20,22,27-28,32H,6-19,21,23-26H2,1-5H3,(H-,30,33,34,35)/b22-20+. The molecule has 0 saturated heterocycles. The summed E-state index contributed by atoms with van der Waals surface area (Å²) in [5, 5.41) is 13.4. The van der Waals surface area contributed by atoms with Crippen molar-refractivity contribution in [3.63, 3.8) is 0 Å². The van der Waals surface area contributed by atoms with E-state index in [9.17, 15) is 19.4 Å². The predicted octanol–water partition coefficient (Wildman–Crippen LogP) is 5.88. The molecule has 2 N–H and O–H groups in total. The van der Waals surface area contributed by atoms with Gasteiger partial charge in [0.1, 0.15) is 13.2 Å². The van der Waals surface area contributed by atoms with Gasteiger partial charge in [0.25, 0.3) is 7.82 Å². The van der Waals surface area contributed by atoms with Gasteiger partial charge in [0.05, 0.1) is 39.9 Å². The highest BCUT2D eigenvalue weighted by molar-refractivity contribution is 7.45. The first kappa shape index (κ1) is 37.2. The number of nitrogens with one attached hydrogen (secondary N) is 1. The molecule has 9 heteroatoms. The summed E-state index contributed by atoms with van der Waals surface area (Å²) in [6.45, 7) is 4.44. The lowest BCUT2D eigenvalue weighted by molar-refractivity contribution is -0.870. The summed E-state index contributed by atoms with van der Waals surface area (Å²) in [5.74, 6) is -0.210. The number of phosphoric acid groups is 1. The van der Waals surface area contributed by atoms with Gasteiger partial charge in [0, 0.05) is 6.42 Å². The van der Waals surface area contributed by atoms with Crippen LogP contribution in [0.15, 0.2) is 12.2 Å². The number of aliphatic hydroxyl groups excluding tert-OH is 1. The molecule has 226 valence electrons. The Morgan fingerprint density at radius 2 is 1.42 bits per heavy atom. The van der Waals surface area contributed by atoms with Crippen molar-refractivity contribution in [3.8, 4) is 0 Å². The fraction of sp³-hybridized carbons (Fsp3) is 0.897. The van der Waals surface area contributed by atoms with Crippen LogP contribution in [-0.2, 0) is 18.4 Å². The maximum Gasteiger partial charge on any atom is 0.268 e. The molecule has 0 fully saturated rings. The summed E-state index contributed by atoms with van der Waals surface area (Å²) < 4.78 is 22.7. The predicted molar refractivity (Wildman–Crippen MR) is 155 cm³/mol. The normalized spacial score (nSPS) is 15.4. The second-order valence-electron chi connectivity index (χ2n) is 11.5. The Kier molecular flexibility index (Phi) is 22.5. The van der Waals surface area contributed by atoms with Crippen molar-refractivity contribution < 1.29 is 32.9 Å². The van der Waals surface area contributed by atoms with Crippen LogP contribution < -0.4 is 10.2 Å². The third kappa shape index (κ3) is 24.3. The minimum Gasteiger partial charge on any atom is -0.756 e. The van der Waals surface area contributed by atoms with Crippen LogP contribution in [0.2, 0.25) is 0 Å². The summed E-state index contributed by atoms with van der Waals surface area (Å²) in [6.07, 6.45) is 20.2. The molecular formula is C29H59N2O6P. The van der Waals surface area contributed by atoms with E-state index in [0.717, 1.165) is 38.5 Å². The summed E-state index contributed by atoms with van der Waals surface area (Å²) in [6, 6.07) is -0.873. The van der Waals surface area contributed by atoms with E-state index in [-0.39, 0.29) is 19.1 Å². The van der Waals surface area contributed by atoms with E-state index in [1.54, 1.807) is 6.08 Å². The van der Waals surface area contributed by atoms with Crippen LogP contribution in [0.4, 0.5) is 0 Å². The number of allylic oxidation sites excluding steroid dienone is 1. The number of aliphatic hydroxyl groups is 1. The number of quaternary nitrogens is 1. The van der Waals surface area contributed by atoms with E-state index in [1.165, 1.54) is 57.8 Å². The van der Waals surface area contributed by atoms with E-state index in [4.69, 9.17) is 9.05 Å². The number of hydrogen-bond donors (Lipinski definition) is 2. The molecular weight excluding hydrogens is 503 g/mol. The first-order valence-corrected chi connectivity index (χ1v) is 16.5. The molecule has 0 spiro atoms. The van der Waals surface area contributed by atoms with Crippen molar-refractivity contribution in [2.75, 3.05) is 40.9 Å². The number of rotatable bonds is 26. The van der Waals surface area contributed by atoms with Crippen LogP contribution >= 0.6 is 7.82 Å². The van der Waals surface area contributed by atoms with Crippen molar-refractivity contribution in [2.45, 2.75) is 129 Å². The number of amides is 1. The van der Waals surface area contributed by atoms with Gasteiger partial charge in [0.2, 0.25) is 5.91 Å². The Balaban J connectivity index is 4.43. The van der Waals surface area contributed by atoms with Crippen LogP contribution in [0.3, 0.4) is 0 Å². The highest BCUT2D eigenvalue weighted by atomic mass is 31.2. The molecule has 0 aromatic heterocycles. The van der Waals surface area contributed by atoms with E-state index in [0.29, 0.717) is 17.4 Å². The van der Waals surface area contributed by atoms with Gasteiger partial charge in [-0.1, -0.05) is 109 Å². The molecule has 0 aliphatic heterocycles. The summed E-state index contributed by atoms with van der Waals surface area (Å²) in [5.41, 5.74) is 0. The molecule has 8 nitrogen and oxygen atoms in total. The monoisotopic (exact) mass is 562 g/mol. The lowest BCUT2D eigenvalue weighted by atomic mass is 10.0. The fourth-order valence-corrected chi connectivity index (χ4v) is 4.68. The molecule has 3 unspecified atom stereocenters. The maximum absolute atomic E-state index is 12.5. The van der Waals surface area contributed by atoms with Crippen LogP contribution in [0, 0.1) is 0 Å². The Bertz CT molecular complexity index is 653. The van der Waals surface area contributed by atoms with Crippen molar-refractivity contribution in [1.29, 1.82) is 0 Å². The highest BCUT2D eigenvalue weighted by Crippen LogP contribution is 2.38. The number of phosphoric ester groups is 1. The molecule has 0 aliphatic carbocycles. The van der Waals surface area contributed by atoms with Gasteiger partial charge in [-0.25, -0.2) is 0 Å². The van der Waals surface area contributed by atoms with Gasteiger partial charge in [-0.2, -0.15) is 0 Å². The molecule has 0 bridgehead atoms. The molecule has 0 aromatic rings. The van der Waals surface area contributed by atoms with Crippen LogP contribution in [0.1, 0.15) is 117 Å². The minimum atomic E-state index is -4.55. The highest BCUT2D eigenvalue weighted by Gasteiger charge is 2.23. The van der Waals surface area contributed by atoms with Gasteiger partial charge < -0.3 is 28.8 Å². The third-order valence-corrected chi connectivity index (χ3v) is 7.46. The number of carbonyl (C=O) groups excluding carboxylic acids is 1. The smallest absolute Gasteiger partial charge is 0.268 e.